The van der Waals surface area contributed by atoms with Crippen molar-refractivity contribution in [1.82, 2.24) is 10.2 Å². The van der Waals surface area contributed by atoms with E-state index in [4.69, 9.17) is 0 Å². The lowest BCUT2D eigenvalue weighted by Crippen LogP contribution is -2.31. The van der Waals surface area contributed by atoms with Gasteiger partial charge < -0.3 is 10.2 Å². The lowest BCUT2D eigenvalue weighted by Gasteiger charge is -2.22. The van der Waals surface area contributed by atoms with Crippen LogP contribution in [0.1, 0.15) is 63.0 Å². The monoisotopic (exact) mass is 288 g/mol. The van der Waals surface area contributed by atoms with E-state index in [9.17, 15) is 0 Å². The fourth-order valence-corrected chi connectivity index (χ4v) is 3.35. The zero-order valence-corrected chi connectivity index (χ0v) is 13.9. The highest BCUT2D eigenvalue weighted by Gasteiger charge is 2.14. The molecule has 0 unspecified atom stereocenters. The van der Waals surface area contributed by atoms with Crippen molar-refractivity contribution in [1.29, 1.82) is 0 Å². The summed E-state index contributed by atoms with van der Waals surface area (Å²) in [6, 6.07) is 9.34. The molecule has 1 aromatic carbocycles. The minimum absolute atomic E-state index is 0.823. The molecule has 1 aliphatic rings. The predicted molar refractivity (Wildman–Crippen MR) is 91.8 cm³/mol. The highest BCUT2D eigenvalue weighted by molar-refractivity contribution is 5.25. The van der Waals surface area contributed by atoms with Crippen LogP contribution in [-0.4, -0.2) is 31.1 Å². The van der Waals surface area contributed by atoms with Gasteiger partial charge in [-0.3, -0.25) is 0 Å². The van der Waals surface area contributed by atoms with E-state index >= 15 is 0 Å². The van der Waals surface area contributed by atoms with Gasteiger partial charge in [-0.15, -0.1) is 0 Å². The molecule has 1 fully saturated rings. The van der Waals surface area contributed by atoms with Crippen molar-refractivity contribution in [3.05, 3.63) is 35.4 Å². The Morgan fingerprint density at radius 3 is 2.29 bits per heavy atom. The second kappa shape index (κ2) is 9.22. The Balaban J connectivity index is 1.72. The van der Waals surface area contributed by atoms with Gasteiger partial charge in [0, 0.05) is 19.6 Å². The summed E-state index contributed by atoms with van der Waals surface area (Å²) >= 11 is 0. The van der Waals surface area contributed by atoms with Gasteiger partial charge in [0.2, 0.25) is 0 Å². The summed E-state index contributed by atoms with van der Waals surface area (Å²) in [5.41, 5.74) is 2.97. The normalized spacial score (nSPS) is 16.5. The minimum Gasteiger partial charge on any atom is -0.311 e. The van der Waals surface area contributed by atoms with E-state index in [0.717, 1.165) is 38.6 Å². The molecule has 0 atom stereocenters. The third kappa shape index (κ3) is 5.44. The number of benzene rings is 1. The number of nitrogens with zero attached hydrogens (tertiary/aromatic N) is 1. The van der Waals surface area contributed by atoms with Crippen LogP contribution >= 0.6 is 0 Å². The van der Waals surface area contributed by atoms with E-state index in [1.54, 1.807) is 5.56 Å². The Kier molecular flexibility index (Phi) is 7.25. The average Bonchev–Trinajstić information content (AvgIpc) is 2.56. The van der Waals surface area contributed by atoms with Crippen LogP contribution in [0.15, 0.2) is 24.3 Å². The molecule has 0 aliphatic heterocycles. The van der Waals surface area contributed by atoms with Gasteiger partial charge in [0.1, 0.15) is 0 Å². The highest BCUT2D eigenvalue weighted by atomic mass is 15.1. The first-order valence-corrected chi connectivity index (χ1v) is 8.85. The molecule has 0 spiro atoms. The molecule has 0 amide bonds. The summed E-state index contributed by atoms with van der Waals surface area (Å²) in [5.74, 6) is 0.823. The van der Waals surface area contributed by atoms with Crippen molar-refractivity contribution in [3.63, 3.8) is 0 Å². The molecule has 1 saturated carbocycles. The van der Waals surface area contributed by atoms with Crippen molar-refractivity contribution < 1.29 is 0 Å². The molecule has 0 heterocycles. The van der Waals surface area contributed by atoms with Crippen molar-refractivity contribution in [3.8, 4) is 0 Å². The van der Waals surface area contributed by atoms with E-state index in [0.29, 0.717) is 0 Å². The number of likely N-dealkylation sites (N-methyl/N-ethyl adjacent to an activating group) is 1. The van der Waals surface area contributed by atoms with Gasteiger partial charge in [-0.05, 0) is 43.0 Å². The molecule has 2 rings (SSSR count). The fourth-order valence-electron chi connectivity index (χ4n) is 3.35. The van der Waals surface area contributed by atoms with Crippen LogP contribution < -0.4 is 5.32 Å². The summed E-state index contributed by atoms with van der Waals surface area (Å²) in [6.45, 7) is 9.97. The van der Waals surface area contributed by atoms with E-state index in [1.165, 1.54) is 37.7 Å². The first-order chi connectivity index (χ1) is 10.3. The third-order valence-electron chi connectivity index (χ3n) is 4.88. The predicted octanol–water partition coefficient (Wildman–Crippen LogP) is 4.17. The maximum Gasteiger partial charge on any atom is 0.0206 e. The quantitative estimate of drug-likeness (QED) is 0.722. The summed E-state index contributed by atoms with van der Waals surface area (Å²) in [4.78, 5) is 2.46. The lowest BCUT2D eigenvalue weighted by atomic mass is 9.84. The smallest absolute Gasteiger partial charge is 0.0206 e. The second-order valence-corrected chi connectivity index (χ2v) is 6.28. The summed E-state index contributed by atoms with van der Waals surface area (Å²) in [6.07, 6.45) is 7.05. The number of hydrogen-bond donors (Lipinski definition) is 1. The average molecular weight is 288 g/mol. The number of hydrogen-bond acceptors (Lipinski definition) is 2. The molecule has 0 bridgehead atoms. The highest BCUT2D eigenvalue weighted by Crippen LogP contribution is 2.32. The molecule has 0 saturated heterocycles. The van der Waals surface area contributed by atoms with Crippen LogP contribution in [0.5, 0.6) is 0 Å². The first-order valence-electron chi connectivity index (χ1n) is 8.85. The van der Waals surface area contributed by atoms with Crippen LogP contribution in [-0.2, 0) is 6.54 Å². The van der Waals surface area contributed by atoms with Gasteiger partial charge in [0.15, 0.2) is 0 Å². The van der Waals surface area contributed by atoms with Gasteiger partial charge in [0.05, 0.1) is 0 Å². The van der Waals surface area contributed by atoms with Crippen molar-refractivity contribution in [2.45, 2.75) is 58.4 Å². The zero-order valence-electron chi connectivity index (χ0n) is 13.9. The number of rotatable bonds is 8. The molecular weight excluding hydrogens is 256 g/mol. The van der Waals surface area contributed by atoms with Crippen LogP contribution in [0.2, 0.25) is 0 Å². The van der Waals surface area contributed by atoms with Gasteiger partial charge >= 0.3 is 0 Å². The Hall–Kier alpha value is -0.860. The zero-order chi connectivity index (χ0) is 14.9. The SMILES string of the molecule is CCN(CC)CCNCc1ccc(C2CCCCC2)cc1. The standard InChI is InChI=1S/C19H32N2/c1-3-21(4-2)15-14-20-16-17-10-12-19(13-11-17)18-8-6-5-7-9-18/h10-13,18,20H,3-9,14-16H2,1-2H3. The first kappa shape index (κ1) is 16.5. The molecular formula is C19H32N2. The van der Waals surface area contributed by atoms with Gasteiger partial charge in [-0.25, -0.2) is 0 Å². The van der Waals surface area contributed by atoms with E-state index in [-0.39, 0.29) is 0 Å². The van der Waals surface area contributed by atoms with Crippen LogP contribution in [0.3, 0.4) is 0 Å². The molecule has 118 valence electrons. The Bertz CT molecular complexity index is 375. The minimum atomic E-state index is 0.823. The molecule has 1 aliphatic carbocycles. The van der Waals surface area contributed by atoms with Crippen LogP contribution in [0.4, 0.5) is 0 Å². The Morgan fingerprint density at radius 1 is 1.00 bits per heavy atom. The largest absolute Gasteiger partial charge is 0.311 e. The van der Waals surface area contributed by atoms with Crippen molar-refractivity contribution >= 4 is 0 Å². The fraction of sp³-hybridized carbons (Fsp3) is 0.684. The molecule has 1 aromatic rings. The lowest BCUT2D eigenvalue weighted by molar-refractivity contribution is 0.302. The molecule has 0 radical (unpaired) electrons. The molecule has 2 heteroatoms. The summed E-state index contributed by atoms with van der Waals surface area (Å²) in [5, 5.41) is 3.56. The van der Waals surface area contributed by atoms with Gasteiger partial charge in [-0.2, -0.15) is 0 Å². The number of nitrogens with one attached hydrogen (secondary N) is 1. The van der Waals surface area contributed by atoms with E-state index < -0.39 is 0 Å². The van der Waals surface area contributed by atoms with Crippen LogP contribution in [0, 0.1) is 0 Å². The van der Waals surface area contributed by atoms with Gasteiger partial charge in [0.25, 0.3) is 0 Å². The maximum atomic E-state index is 3.56. The second-order valence-electron chi connectivity index (χ2n) is 6.28. The summed E-state index contributed by atoms with van der Waals surface area (Å²) < 4.78 is 0. The topological polar surface area (TPSA) is 15.3 Å². The molecule has 0 aromatic heterocycles. The molecule has 1 N–H and O–H groups in total. The third-order valence-corrected chi connectivity index (χ3v) is 4.88. The van der Waals surface area contributed by atoms with E-state index in [1.807, 2.05) is 0 Å². The Morgan fingerprint density at radius 2 is 1.67 bits per heavy atom. The van der Waals surface area contributed by atoms with Crippen LogP contribution in [0.25, 0.3) is 0 Å². The van der Waals surface area contributed by atoms with Gasteiger partial charge in [-0.1, -0.05) is 57.4 Å². The van der Waals surface area contributed by atoms with E-state index in [2.05, 4.69) is 48.3 Å². The Labute approximate surface area is 130 Å². The van der Waals surface area contributed by atoms with Crippen molar-refractivity contribution in [2.75, 3.05) is 26.2 Å². The maximum absolute atomic E-state index is 3.56. The molecule has 21 heavy (non-hydrogen) atoms. The molecule has 2 nitrogen and oxygen atoms in total. The van der Waals surface area contributed by atoms with Crippen molar-refractivity contribution in [2.24, 2.45) is 0 Å². The summed E-state index contributed by atoms with van der Waals surface area (Å²) in [7, 11) is 0.